The van der Waals surface area contributed by atoms with E-state index in [4.69, 9.17) is 14.5 Å². The molecule has 0 amide bonds. The molecule has 0 saturated heterocycles. The Balaban J connectivity index is 3.59. The maximum Gasteiger partial charge on any atom is 0.350 e. The van der Waals surface area contributed by atoms with E-state index in [-0.39, 0.29) is 6.10 Å². The molecule has 0 atom stereocenters. The summed E-state index contributed by atoms with van der Waals surface area (Å²) in [5.41, 5.74) is 0. The molecule has 11 heavy (non-hydrogen) atoms. The highest BCUT2D eigenvalue weighted by molar-refractivity contribution is 7.51. The summed E-state index contributed by atoms with van der Waals surface area (Å²) in [6.07, 6.45) is 1.09. The van der Waals surface area contributed by atoms with Gasteiger partial charge in [0.15, 0.2) is 0 Å². The van der Waals surface area contributed by atoms with Crippen LogP contribution in [0, 0.1) is 0 Å². The van der Waals surface area contributed by atoms with Gasteiger partial charge in [-0.3, -0.25) is 4.57 Å². The second-order valence-electron chi connectivity index (χ2n) is 2.40. The molecule has 4 nitrogen and oxygen atoms in total. The molecule has 0 aromatic carbocycles. The molecule has 5 heteroatoms. The molecular formula is C6H15O4P. The Hall–Kier alpha value is 0.110. The van der Waals surface area contributed by atoms with E-state index < -0.39 is 13.9 Å². The van der Waals surface area contributed by atoms with E-state index in [9.17, 15) is 4.57 Å². The van der Waals surface area contributed by atoms with Crippen molar-refractivity contribution in [1.82, 2.24) is 0 Å². The minimum Gasteiger partial charge on any atom is -0.366 e. The van der Waals surface area contributed by atoms with Crippen LogP contribution < -0.4 is 0 Å². The summed E-state index contributed by atoms with van der Waals surface area (Å²) < 4.78 is 15.3. The van der Waals surface area contributed by atoms with Crippen molar-refractivity contribution in [2.24, 2.45) is 0 Å². The summed E-state index contributed by atoms with van der Waals surface area (Å²) in [4.78, 5) is 16.9. The van der Waals surface area contributed by atoms with Gasteiger partial charge in [0.2, 0.25) is 0 Å². The van der Waals surface area contributed by atoms with E-state index >= 15 is 0 Å². The summed E-state index contributed by atoms with van der Waals surface area (Å²) in [6.45, 7) is 3.85. The Kier molecular flexibility index (Phi) is 4.93. The zero-order valence-electron chi connectivity index (χ0n) is 6.86. The zero-order chi connectivity index (χ0) is 8.91. The minimum atomic E-state index is -3.97. The first-order chi connectivity index (χ1) is 4.99. The summed E-state index contributed by atoms with van der Waals surface area (Å²) >= 11 is 0. The van der Waals surface area contributed by atoms with Gasteiger partial charge in [-0.1, -0.05) is 13.8 Å². The molecule has 0 bridgehead atoms. The third-order valence-corrected chi connectivity index (χ3v) is 1.87. The predicted octanol–water partition coefficient (Wildman–Crippen LogP) is 1.33. The van der Waals surface area contributed by atoms with Gasteiger partial charge in [0.25, 0.3) is 0 Å². The molecule has 0 heterocycles. The summed E-state index contributed by atoms with van der Waals surface area (Å²) in [7, 11) is -3.97. The van der Waals surface area contributed by atoms with Crippen LogP contribution in [0.2, 0.25) is 0 Å². The van der Waals surface area contributed by atoms with Crippen LogP contribution in [0.25, 0.3) is 0 Å². The first-order valence-corrected chi connectivity index (χ1v) is 5.45. The van der Waals surface area contributed by atoms with Gasteiger partial charge in [0.1, 0.15) is 6.35 Å². The molecule has 0 aliphatic rings. The Bertz CT molecular complexity index is 138. The van der Waals surface area contributed by atoms with Gasteiger partial charge in [0, 0.05) is 0 Å². The van der Waals surface area contributed by atoms with Gasteiger partial charge in [-0.2, -0.15) is 0 Å². The van der Waals surface area contributed by atoms with Crippen molar-refractivity contribution in [3.63, 3.8) is 0 Å². The Labute approximate surface area is 66.7 Å². The average molecular weight is 182 g/mol. The minimum absolute atomic E-state index is 0.0253. The quantitative estimate of drug-likeness (QED) is 0.629. The molecule has 0 aliphatic heterocycles. The van der Waals surface area contributed by atoms with Crippen molar-refractivity contribution < 1.29 is 19.1 Å². The average Bonchev–Trinajstić information content (AvgIpc) is 1.88. The van der Waals surface area contributed by atoms with Gasteiger partial charge in [-0.05, 0) is 12.8 Å². The Morgan fingerprint density at radius 2 is 1.82 bits per heavy atom. The lowest BCUT2D eigenvalue weighted by molar-refractivity contribution is 0.0696. The molecule has 0 unspecified atom stereocenters. The third-order valence-electron chi connectivity index (χ3n) is 1.39. The first-order valence-electron chi connectivity index (χ1n) is 3.65. The molecule has 68 valence electrons. The van der Waals surface area contributed by atoms with E-state index in [1.54, 1.807) is 0 Å². The summed E-state index contributed by atoms with van der Waals surface area (Å²) in [6, 6.07) is 0. The Morgan fingerprint density at radius 1 is 1.36 bits per heavy atom. The fourth-order valence-corrected chi connectivity index (χ4v) is 1.13. The molecule has 0 rings (SSSR count). The standard InChI is InChI=1S/C6H15O4P/c1-3-6(4-2)10-5-11(7,8)9/h6H,3-5H2,1-2H3,(H2,7,8,9). The van der Waals surface area contributed by atoms with Gasteiger partial charge in [-0.25, -0.2) is 0 Å². The predicted molar refractivity (Wildman–Crippen MR) is 42.4 cm³/mol. The highest BCUT2D eigenvalue weighted by atomic mass is 31.2. The second kappa shape index (κ2) is 4.88. The number of hydrogen-bond acceptors (Lipinski definition) is 2. The molecule has 0 radical (unpaired) electrons. The molecule has 0 spiro atoms. The maximum atomic E-state index is 10.3. The number of rotatable bonds is 5. The van der Waals surface area contributed by atoms with E-state index in [0.717, 1.165) is 12.8 Å². The largest absolute Gasteiger partial charge is 0.366 e. The lowest BCUT2D eigenvalue weighted by atomic mass is 10.2. The van der Waals surface area contributed by atoms with Crippen LogP contribution in [0.1, 0.15) is 26.7 Å². The second-order valence-corrected chi connectivity index (χ2v) is 3.99. The molecular weight excluding hydrogens is 167 g/mol. The normalized spacial score (nSPS) is 12.5. The van der Waals surface area contributed by atoms with E-state index in [1.807, 2.05) is 13.8 Å². The first kappa shape index (κ1) is 11.1. The van der Waals surface area contributed by atoms with Crippen LogP contribution in [0.4, 0.5) is 0 Å². The molecule has 0 aromatic rings. The lowest BCUT2D eigenvalue weighted by Gasteiger charge is -2.13. The number of hydrogen-bond donors (Lipinski definition) is 2. The van der Waals surface area contributed by atoms with Gasteiger partial charge >= 0.3 is 7.60 Å². The monoisotopic (exact) mass is 182 g/mol. The van der Waals surface area contributed by atoms with E-state index in [1.165, 1.54) is 0 Å². The molecule has 0 aliphatic carbocycles. The van der Waals surface area contributed by atoms with Crippen LogP contribution in [-0.4, -0.2) is 22.2 Å². The van der Waals surface area contributed by atoms with Gasteiger partial charge < -0.3 is 14.5 Å². The molecule has 0 fully saturated rings. The van der Waals surface area contributed by atoms with E-state index in [0.29, 0.717) is 0 Å². The maximum absolute atomic E-state index is 10.3. The number of ether oxygens (including phenoxy) is 1. The third kappa shape index (κ3) is 6.51. The van der Waals surface area contributed by atoms with Crippen molar-refractivity contribution in [1.29, 1.82) is 0 Å². The highest BCUT2D eigenvalue weighted by Gasteiger charge is 2.15. The van der Waals surface area contributed by atoms with Crippen LogP contribution in [0.3, 0.4) is 0 Å². The lowest BCUT2D eigenvalue weighted by Crippen LogP contribution is -2.11. The molecule has 0 aromatic heterocycles. The highest BCUT2D eigenvalue weighted by Crippen LogP contribution is 2.34. The Morgan fingerprint density at radius 3 is 2.09 bits per heavy atom. The van der Waals surface area contributed by atoms with Crippen molar-refractivity contribution in [2.45, 2.75) is 32.8 Å². The smallest absolute Gasteiger partial charge is 0.350 e. The van der Waals surface area contributed by atoms with Gasteiger partial charge in [-0.15, -0.1) is 0 Å². The SMILES string of the molecule is CCC(CC)OCP(=O)(O)O. The van der Waals surface area contributed by atoms with Crippen molar-refractivity contribution >= 4 is 7.60 Å². The van der Waals surface area contributed by atoms with Crippen LogP contribution in [0.15, 0.2) is 0 Å². The van der Waals surface area contributed by atoms with Crippen LogP contribution in [0.5, 0.6) is 0 Å². The summed E-state index contributed by atoms with van der Waals surface area (Å²) in [5, 5.41) is 0. The topological polar surface area (TPSA) is 66.8 Å². The summed E-state index contributed by atoms with van der Waals surface area (Å²) in [5.74, 6) is 0. The fraction of sp³-hybridized carbons (Fsp3) is 1.00. The van der Waals surface area contributed by atoms with Crippen molar-refractivity contribution in [3.05, 3.63) is 0 Å². The fourth-order valence-electron chi connectivity index (χ4n) is 0.727. The van der Waals surface area contributed by atoms with Crippen LogP contribution >= 0.6 is 7.60 Å². The van der Waals surface area contributed by atoms with Crippen molar-refractivity contribution in [3.8, 4) is 0 Å². The molecule has 2 N–H and O–H groups in total. The molecule has 0 saturated carbocycles. The van der Waals surface area contributed by atoms with Gasteiger partial charge in [0.05, 0.1) is 6.10 Å². The zero-order valence-corrected chi connectivity index (χ0v) is 7.75. The van der Waals surface area contributed by atoms with Crippen molar-refractivity contribution in [2.75, 3.05) is 6.35 Å². The van der Waals surface area contributed by atoms with Crippen LogP contribution in [-0.2, 0) is 9.30 Å². The van der Waals surface area contributed by atoms with E-state index in [2.05, 4.69) is 0 Å².